The van der Waals surface area contributed by atoms with Crippen molar-refractivity contribution in [2.75, 3.05) is 18.0 Å². The largest absolute Gasteiger partial charge is 0.443 e. The van der Waals surface area contributed by atoms with Crippen LogP contribution in [0.5, 0.6) is 0 Å². The van der Waals surface area contributed by atoms with Crippen molar-refractivity contribution >= 4 is 21.8 Å². The van der Waals surface area contributed by atoms with Crippen LogP contribution in [0.3, 0.4) is 0 Å². The molecule has 2 aromatic rings. The van der Waals surface area contributed by atoms with E-state index in [1.165, 1.54) is 4.90 Å². The Hall–Kier alpha value is -2.38. The topological polar surface area (TPSA) is 75.7 Å². The van der Waals surface area contributed by atoms with Gasteiger partial charge in [0, 0.05) is 12.2 Å². The number of ether oxygens (including phenoxy) is 1. The van der Waals surface area contributed by atoms with Crippen molar-refractivity contribution in [3.8, 4) is 0 Å². The van der Waals surface area contributed by atoms with Gasteiger partial charge >= 0.3 is 6.09 Å². The summed E-state index contributed by atoms with van der Waals surface area (Å²) in [6.45, 7) is 4.29. The molecule has 0 saturated carbocycles. The molecule has 7 heteroatoms. The molecule has 1 fully saturated rings. The van der Waals surface area contributed by atoms with Crippen LogP contribution in [-0.2, 0) is 21.2 Å². The van der Waals surface area contributed by atoms with Crippen LogP contribution in [-0.4, -0.2) is 33.7 Å². The second kappa shape index (κ2) is 7.47. The smallest absolute Gasteiger partial charge is 0.414 e. The SMILES string of the molecule is CCc1ccc(S(=O)(=O)NCC2CN(c3cccc(C)c3)C(=O)O2)cc1. The van der Waals surface area contributed by atoms with Gasteiger partial charge < -0.3 is 4.74 Å². The Morgan fingerprint density at radius 2 is 1.92 bits per heavy atom. The van der Waals surface area contributed by atoms with Gasteiger partial charge in [-0.1, -0.05) is 31.2 Å². The molecule has 0 aliphatic carbocycles. The molecule has 26 heavy (non-hydrogen) atoms. The Morgan fingerprint density at radius 3 is 2.58 bits per heavy atom. The van der Waals surface area contributed by atoms with Crippen LogP contribution in [0, 0.1) is 6.92 Å². The third-order valence-electron chi connectivity index (χ3n) is 4.33. The average Bonchev–Trinajstić information content (AvgIpc) is 3.01. The summed E-state index contributed by atoms with van der Waals surface area (Å²) in [7, 11) is -3.64. The first kappa shape index (κ1) is 18.4. The molecule has 1 heterocycles. The number of sulfonamides is 1. The fourth-order valence-electron chi connectivity index (χ4n) is 2.82. The van der Waals surface area contributed by atoms with Gasteiger partial charge in [-0.15, -0.1) is 0 Å². The molecule has 0 spiro atoms. The highest BCUT2D eigenvalue weighted by molar-refractivity contribution is 7.89. The van der Waals surface area contributed by atoms with Gasteiger partial charge in [-0.25, -0.2) is 17.9 Å². The molecule has 1 amide bonds. The van der Waals surface area contributed by atoms with E-state index in [4.69, 9.17) is 4.74 Å². The number of anilines is 1. The van der Waals surface area contributed by atoms with Crippen LogP contribution in [0.1, 0.15) is 18.1 Å². The number of hydrogen-bond donors (Lipinski definition) is 1. The van der Waals surface area contributed by atoms with Crippen molar-refractivity contribution in [3.05, 3.63) is 59.7 Å². The third-order valence-corrected chi connectivity index (χ3v) is 5.77. The van der Waals surface area contributed by atoms with Crippen molar-refractivity contribution in [1.29, 1.82) is 0 Å². The highest BCUT2D eigenvalue weighted by Crippen LogP contribution is 2.22. The van der Waals surface area contributed by atoms with Gasteiger partial charge in [0.05, 0.1) is 11.4 Å². The summed E-state index contributed by atoms with van der Waals surface area (Å²) in [6.07, 6.45) is -0.152. The van der Waals surface area contributed by atoms with E-state index in [1.807, 2.05) is 38.1 Å². The molecule has 1 N–H and O–H groups in total. The summed E-state index contributed by atoms with van der Waals surface area (Å²) >= 11 is 0. The van der Waals surface area contributed by atoms with Crippen LogP contribution in [0.2, 0.25) is 0 Å². The number of hydrogen-bond acceptors (Lipinski definition) is 4. The molecule has 0 bridgehead atoms. The second-order valence-electron chi connectivity index (χ2n) is 6.30. The number of rotatable bonds is 6. The van der Waals surface area contributed by atoms with E-state index in [2.05, 4.69) is 4.72 Å². The standard InChI is InChI=1S/C19H22N2O4S/c1-3-15-7-9-18(10-8-15)26(23,24)20-12-17-13-21(19(22)25-17)16-6-4-5-14(2)11-16/h4-11,17,20H,3,12-13H2,1-2H3. The Bertz CT molecular complexity index is 894. The molecule has 1 atom stereocenters. The number of cyclic esters (lactones) is 1. The zero-order valence-electron chi connectivity index (χ0n) is 14.8. The fourth-order valence-corrected chi connectivity index (χ4v) is 3.89. The summed E-state index contributed by atoms with van der Waals surface area (Å²) in [5.41, 5.74) is 2.85. The summed E-state index contributed by atoms with van der Waals surface area (Å²) in [5.74, 6) is 0. The predicted molar refractivity (Wildman–Crippen MR) is 99.8 cm³/mol. The summed E-state index contributed by atoms with van der Waals surface area (Å²) in [6, 6.07) is 14.3. The summed E-state index contributed by atoms with van der Waals surface area (Å²) < 4.78 is 32.6. The normalized spacial score (nSPS) is 17.4. The van der Waals surface area contributed by atoms with Gasteiger partial charge in [-0.3, -0.25) is 4.90 Å². The second-order valence-corrected chi connectivity index (χ2v) is 8.07. The predicted octanol–water partition coefficient (Wildman–Crippen LogP) is 2.86. The number of carbonyl (C=O) groups excluding carboxylic acids is 1. The van der Waals surface area contributed by atoms with Crippen molar-refractivity contribution in [3.63, 3.8) is 0 Å². The Labute approximate surface area is 153 Å². The monoisotopic (exact) mass is 374 g/mol. The number of amides is 1. The molecule has 0 aromatic heterocycles. The zero-order chi connectivity index (χ0) is 18.7. The van der Waals surface area contributed by atoms with Gasteiger partial charge in [0.25, 0.3) is 0 Å². The molecule has 1 saturated heterocycles. The lowest BCUT2D eigenvalue weighted by atomic mass is 10.2. The number of aryl methyl sites for hydroxylation is 2. The molecule has 1 aliphatic rings. The summed E-state index contributed by atoms with van der Waals surface area (Å²) in [5, 5.41) is 0. The molecule has 138 valence electrons. The third kappa shape index (κ3) is 4.05. The van der Waals surface area contributed by atoms with Gasteiger partial charge in [0.15, 0.2) is 0 Å². The maximum absolute atomic E-state index is 12.4. The van der Waals surface area contributed by atoms with Crippen LogP contribution >= 0.6 is 0 Å². The van der Waals surface area contributed by atoms with Crippen molar-refractivity contribution in [2.24, 2.45) is 0 Å². The molecule has 6 nitrogen and oxygen atoms in total. The van der Waals surface area contributed by atoms with Gasteiger partial charge in [0.2, 0.25) is 10.0 Å². The quantitative estimate of drug-likeness (QED) is 0.844. The van der Waals surface area contributed by atoms with Gasteiger partial charge in [-0.2, -0.15) is 0 Å². The van der Waals surface area contributed by atoms with E-state index >= 15 is 0 Å². The van der Waals surface area contributed by atoms with Crippen LogP contribution in [0.25, 0.3) is 0 Å². The van der Waals surface area contributed by atoms with Gasteiger partial charge in [0.1, 0.15) is 6.10 Å². The molecule has 1 unspecified atom stereocenters. The number of benzene rings is 2. The van der Waals surface area contributed by atoms with E-state index in [0.29, 0.717) is 6.54 Å². The maximum atomic E-state index is 12.4. The van der Waals surface area contributed by atoms with E-state index in [-0.39, 0.29) is 11.4 Å². The van der Waals surface area contributed by atoms with Crippen molar-refractivity contribution < 1.29 is 17.9 Å². The van der Waals surface area contributed by atoms with E-state index in [9.17, 15) is 13.2 Å². The molecular weight excluding hydrogens is 352 g/mol. The molecule has 1 aliphatic heterocycles. The first-order valence-corrected chi connectivity index (χ1v) is 10.0. The average molecular weight is 374 g/mol. The van der Waals surface area contributed by atoms with Crippen LogP contribution in [0.15, 0.2) is 53.4 Å². The first-order chi connectivity index (χ1) is 12.4. The minimum atomic E-state index is -3.64. The fraction of sp³-hybridized carbons (Fsp3) is 0.316. The highest BCUT2D eigenvalue weighted by atomic mass is 32.2. The zero-order valence-corrected chi connectivity index (χ0v) is 15.6. The lowest BCUT2D eigenvalue weighted by Gasteiger charge is -2.13. The minimum absolute atomic E-state index is 0.0336. The Kier molecular flexibility index (Phi) is 5.29. The van der Waals surface area contributed by atoms with Crippen molar-refractivity contribution in [2.45, 2.75) is 31.3 Å². The van der Waals surface area contributed by atoms with Crippen LogP contribution < -0.4 is 9.62 Å². The highest BCUT2D eigenvalue weighted by Gasteiger charge is 2.33. The molecule has 3 rings (SSSR count). The van der Waals surface area contributed by atoms with E-state index in [0.717, 1.165) is 23.2 Å². The Balaban J connectivity index is 1.63. The van der Waals surface area contributed by atoms with Crippen LogP contribution in [0.4, 0.5) is 10.5 Å². The van der Waals surface area contributed by atoms with Gasteiger partial charge in [-0.05, 0) is 48.7 Å². The molecule has 2 aromatic carbocycles. The molecule has 0 radical (unpaired) electrons. The number of nitrogens with zero attached hydrogens (tertiary/aromatic N) is 1. The number of nitrogens with one attached hydrogen (secondary N) is 1. The number of carbonyl (C=O) groups is 1. The summed E-state index contributed by atoms with van der Waals surface area (Å²) in [4.78, 5) is 13.8. The first-order valence-electron chi connectivity index (χ1n) is 8.52. The lowest BCUT2D eigenvalue weighted by Crippen LogP contribution is -2.34. The minimum Gasteiger partial charge on any atom is -0.443 e. The van der Waals surface area contributed by atoms with Crippen molar-refractivity contribution in [1.82, 2.24) is 4.72 Å². The maximum Gasteiger partial charge on any atom is 0.414 e. The molecular formula is C19H22N2O4S. The lowest BCUT2D eigenvalue weighted by molar-refractivity contribution is 0.143. The Morgan fingerprint density at radius 1 is 1.19 bits per heavy atom. The van der Waals surface area contributed by atoms with E-state index in [1.54, 1.807) is 24.3 Å². The van der Waals surface area contributed by atoms with E-state index < -0.39 is 22.2 Å².